The fourth-order valence-electron chi connectivity index (χ4n) is 2.69. The molecule has 0 radical (unpaired) electrons. The minimum Gasteiger partial charge on any atom is -0.397 e. The summed E-state index contributed by atoms with van der Waals surface area (Å²) in [7, 11) is 0. The molecule has 2 heterocycles. The van der Waals surface area contributed by atoms with Crippen molar-refractivity contribution in [3.63, 3.8) is 0 Å². The van der Waals surface area contributed by atoms with E-state index >= 15 is 0 Å². The molecule has 5 heteroatoms. The van der Waals surface area contributed by atoms with Crippen LogP contribution in [0.25, 0.3) is 11.2 Å². The molecule has 0 amide bonds. The molecule has 2 N–H and O–H groups in total. The molecule has 3 rings (SSSR count). The van der Waals surface area contributed by atoms with Gasteiger partial charge in [-0.25, -0.2) is 9.97 Å². The second kappa shape index (κ2) is 6.59. The van der Waals surface area contributed by atoms with Crippen LogP contribution in [-0.4, -0.2) is 14.5 Å². The minimum absolute atomic E-state index is 0.672. The van der Waals surface area contributed by atoms with Crippen LogP contribution >= 0.6 is 11.6 Å². The van der Waals surface area contributed by atoms with Gasteiger partial charge in [-0.2, -0.15) is 0 Å². The van der Waals surface area contributed by atoms with Crippen molar-refractivity contribution in [3.05, 3.63) is 52.4 Å². The predicted octanol–water partition coefficient (Wildman–Crippen LogP) is 4.37. The molecule has 120 valence electrons. The summed E-state index contributed by atoms with van der Waals surface area (Å²) in [6.07, 6.45) is 3.15. The topological polar surface area (TPSA) is 56.7 Å². The van der Waals surface area contributed by atoms with Crippen LogP contribution in [-0.2, 0) is 13.0 Å². The van der Waals surface area contributed by atoms with Crippen molar-refractivity contribution in [1.82, 2.24) is 14.5 Å². The SMILES string of the molecule is CCCCc1nc2cc(N)c(C)nc2n1Cc1ccccc1Cl. The average molecular weight is 329 g/mol. The highest BCUT2D eigenvalue weighted by Gasteiger charge is 2.14. The first-order valence-corrected chi connectivity index (χ1v) is 8.33. The van der Waals surface area contributed by atoms with Gasteiger partial charge in [-0.1, -0.05) is 43.1 Å². The number of pyridine rings is 1. The van der Waals surface area contributed by atoms with Crippen LogP contribution in [0, 0.1) is 6.92 Å². The standard InChI is InChI=1S/C18H21ClN4/c1-3-4-9-17-22-16-10-15(20)12(2)21-18(16)23(17)11-13-7-5-6-8-14(13)19/h5-8,10H,3-4,9,11,20H2,1-2H3. The van der Waals surface area contributed by atoms with Gasteiger partial charge < -0.3 is 10.3 Å². The quantitative estimate of drug-likeness (QED) is 0.756. The van der Waals surface area contributed by atoms with Gasteiger partial charge >= 0.3 is 0 Å². The number of hydrogen-bond acceptors (Lipinski definition) is 3. The highest BCUT2D eigenvalue weighted by molar-refractivity contribution is 6.31. The summed E-state index contributed by atoms with van der Waals surface area (Å²) < 4.78 is 2.17. The lowest BCUT2D eigenvalue weighted by Crippen LogP contribution is -2.07. The van der Waals surface area contributed by atoms with Crippen molar-refractivity contribution in [2.75, 3.05) is 5.73 Å². The fraction of sp³-hybridized carbons (Fsp3) is 0.333. The van der Waals surface area contributed by atoms with Gasteiger partial charge in [-0.15, -0.1) is 0 Å². The molecule has 0 unspecified atom stereocenters. The van der Waals surface area contributed by atoms with Crippen LogP contribution in [0.1, 0.15) is 36.8 Å². The van der Waals surface area contributed by atoms with Crippen LogP contribution in [0.2, 0.25) is 5.02 Å². The van der Waals surface area contributed by atoms with E-state index in [-0.39, 0.29) is 0 Å². The van der Waals surface area contributed by atoms with Crippen molar-refractivity contribution in [1.29, 1.82) is 0 Å². The highest BCUT2D eigenvalue weighted by atomic mass is 35.5. The number of hydrogen-bond donors (Lipinski definition) is 1. The Balaban J connectivity index is 2.11. The monoisotopic (exact) mass is 328 g/mol. The molecule has 0 spiro atoms. The minimum atomic E-state index is 0.672. The summed E-state index contributed by atoms with van der Waals surface area (Å²) in [5.41, 5.74) is 10.3. The number of nitrogens with zero attached hydrogens (tertiary/aromatic N) is 3. The highest BCUT2D eigenvalue weighted by Crippen LogP contribution is 2.24. The molecule has 3 aromatic rings. The summed E-state index contributed by atoms with van der Waals surface area (Å²) in [4.78, 5) is 9.42. The van der Waals surface area contributed by atoms with E-state index in [1.165, 1.54) is 0 Å². The first kappa shape index (κ1) is 15.8. The van der Waals surface area contributed by atoms with E-state index in [0.29, 0.717) is 12.2 Å². The number of benzene rings is 1. The molecule has 0 bridgehead atoms. The third kappa shape index (κ3) is 3.17. The Morgan fingerprint density at radius 3 is 2.74 bits per heavy atom. The second-order valence-corrected chi connectivity index (χ2v) is 6.22. The van der Waals surface area contributed by atoms with Crippen molar-refractivity contribution in [2.45, 2.75) is 39.7 Å². The molecule has 1 aromatic carbocycles. The normalized spacial score (nSPS) is 11.3. The molecule has 2 aromatic heterocycles. The van der Waals surface area contributed by atoms with Gasteiger partial charge in [0.05, 0.1) is 17.9 Å². The Morgan fingerprint density at radius 2 is 2.00 bits per heavy atom. The van der Waals surface area contributed by atoms with E-state index in [2.05, 4.69) is 16.5 Å². The zero-order valence-electron chi connectivity index (χ0n) is 13.5. The maximum atomic E-state index is 6.33. The molecule has 0 aliphatic carbocycles. The van der Waals surface area contributed by atoms with Crippen molar-refractivity contribution in [3.8, 4) is 0 Å². The molecule has 23 heavy (non-hydrogen) atoms. The lowest BCUT2D eigenvalue weighted by molar-refractivity contribution is 0.686. The predicted molar refractivity (Wildman–Crippen MR) is 95.8 cm³/mol. The zero-order valence-corrected chi connectivity index (χ0v) is 14.3. The lowest BCUT2D eigenvalue weighted by atomic mass is 10.2. The number of imidazole rings is 1. The van der Waals surface area contributed by atoms with Crippen LogP contribution in [0.4, 0.5) is 5.69 Å². The molecule has 0 fully saturated rings. The van der Waals surface area contributed by atoms with Gasteiger partial charge in [0.2, 0.25) is 0 Å². The number of nitrogens with two attached hydrogens (primary N) is 1. The van der Waals surface area contributed by atoms with Gasteiger partial charge in [0.25, 0.3) is 0 Å². The summed E-state index contributed by atoms with van der Waals surface area (Å²) in [6, 6.07) is 9.82. The molecule has 4 nitrogen and oxygen atoms in total. The molecular formula is C18H21ClN4. The van der Waals surface area contributed by atoms with Crippen LogP contribution in [0.3, 0.4) is 0 Å². The first-order chi connectivity index (χ1) is 11.1. The Morgan fingerprint density at radius 1 is 1.22 bits per heavy atom. The van der Waals surface area contributed by atoms with Gasteiger partial charge in [0, 0.05) is 11.4 Å². The summed E-state index contributed by atoms with van der Waals surface area (Å²) in [5, 5.41) is 0.767. The van der Waals surface area contributed by atoms with Gasteiger partial charge in [-0.3, -0.25) is 0 Å². The van der Waals surface area contributed by atoms with Crippen molar-refractivity contribution < 1.29 is 0 Å². The maximum Gasteiger partial charge on any atom is 0.160 e. The van der Waals surface area contributed by atoms with E-state index in [0.717, 1.165) is 52.5 Å². The number of fused-ring (bicyclic) bond motifs is 1. The molecular weight excluding hydrogens is 308 g/mol. The number of halogens is 1. The summed E-state index contributed by atoms with van der Waals surface area (Å²) >= 11 is 6.33. The molecule has 0 saturated carbocycles. The van der Waals surface area contributed by atoms with Crippen molar-refractivity contribution >= 4 is 28.5 Å². The van der Waals surface area contributed by atoms with Crippen molar-refractivity contribution in [2.24, 2.45) is 0 Å². The van der Waals surface area contributed by atoms with Crippen LogP contribution in [0.15, 0.2) is 30.3 Å². The zero-order chi connectivity index (χ0) is 16.4. The third-order valence-corrected chi connectivity index (χ3v) is 4.44. The van der Waals surface area contributed by atoms with Crippen LogP contribution in [0.5, 0.6) is 0 Å². The first-order valence-electron chi connectivity index (χ1n) is 7.95. The lowest BCUT2D eigenvalue weighted by Gasteiger charge is -2.10. The van der Waals surface area contributed by atoms with Gasteiger partial charge in [0.1, 0.15) is 11.3 Å². The smallest absolute Gasteiger partial charge is 0.160 e. The molecule has 0 aliphatic rings. The molecule has 0 aliphatic heterocycles. The maximum absolute atomic E-state index is 6.33. The van der Waals surface area contributed by atoms with Gasteiger partial charge in [-0.05, 0) is 31.0 Å². The van der Waals surface area contributed by atoms with Gasteiger partial charge in [0.15, 0.2) is 5.65 Å². The molecule has 0 atom stereocenters. The van der Waals surface area contributed by atoms with E-state index in [1.807, 2.05) is 37.3 Å². The average Bonchev–Trinajstić information content (AvgIpc) is 2.85. The number of aromatic nitrogens is 3. The van der Waals surface area contributed by atoms with E-state index in [9.17, 15) is 0 Å². The number of anilines is 1. The summed E-state index contributed by atoms with van der Waals surface area (Å²) in [5.74, 6) is 1.04. The number of rotatable bonds is 5. The van der Waals surface area contributed by atoms with E-state index in [4.69, 9.17) is 22.3 Å². The van der Waals surface area contributed by atoms with Crippen LogP contribution < -0.4 is 5.73 Å². The second-order valence-electron chi connectivity index (χ2n) is 5.81. The Labute approximate surface area is 141 Å². The number of aryl methyl sites for hydroxylation is 2. The van der Waals surface area contributed by atoms with E-state index in [1.54, 1.807) is 0 Å². The Bertz CT molecular complexity index is 838. The Kier molecular flexibility index (Phi) is 4.53. The van der Waals surface area contributed by atoms with E-state index < -0.39 is 0 Å². The molecule has 0 saturated heterocycles. The number of nitrogen functional groups attached to an aromatic ring is 1. The largest absolute Gasteiger partial charge is 0.397 e. The fourth-order valence-corrected chi connectivity index (χ4v) is 2.88. The third-order valence-electron chi connectivity index (χ3n) is 4.07. The number of unbranched alkanes of at least 4 members (excludes halogenated alkanes) is 1. The summed E-state index contributed by atoms with van der Waals surface area (Å²) in [6.45, 7) is 4.78. The Hall–Kier alpha value is -2.07.